The van der Waals surface area contributed by atoms with Gasteiger partial charge in [0.25, 0.3) is 0 Å². The van der Waals surface area contributed by atoms with Crippen LogP contribution in [0, 0.1) is 11.6 Å². The van der Waals surface area contributed by atoms with Crippen LogP contribution in [-0.2, 0) is 11.3 Å². The van der Waals surface area contributed by atoms with Crippen LogP contribution < -0.4 is 9.64 Å². The lowest BCUT2D eigenvalue weighted by Gasteiger charge is -2.38. The fraction of sp³-hybridized carbons (Fsp3) is 0.276. The molecule has 11 nitrogen and oxygen atoms in total. The summed E-state index contributed by atoms with van der Waals surface area (Å²) in [4.78, 5) is 53.1. The van der Waals surface area contributed by atoms with Crippen molar-refractivity contribution < 1.29 is 33.0 Å². The number of nitrogens with one attached hydrogen (secondary N) is 1. The Balaban J connectivity index is 1.27. The van der Waals surface area contributed by atoms with E-state index in [-0.39, 0.29) is 50.3 Å². The van der Waals surface area contributed by atoms with E-state index in [1.165, 1.54) is 13.1 Å². The van der Waals surface area contributed by atoms with Crippen LogP contribution in [-0.4, -0.2) is 74.5 Å². The number of anilines is 1. The molecule has 2 aromatic carbocycles. The number of hydrogen-bond donors (Lipinski definition) is 2. The summed E-state index contributed by atoms with van der Waals surface area (Å²) in [5.74, 6) is -1.30. The first-order chi connectivity index (χ1) is 20.2. The van der Waals surface area contributed by atoms with E-state index in [0.717, 1.165) is 33.7 Å². The Morgan fingerprint density at radius 1 is 1.10 bits per heavy atom. The number of carboxylic acid groups (broad SMARTS) is 1. The van der Waals surface area contributed by atoms with Gasteiger partial charge in [-0.15, -0.1) is 0 Å². The van der Waals surface area contributed by atoms with Crippen molar-refractivity contribution in [1.82, 2.24) is 24.8 Å². The number of rotatable bonds is 3. The van der Waals surface area contributed by atoms with Crippen molar-refractivity contribution >= 4 is 35.0 Å². The van der Waals surface area contributed by atoms with Crippen LogP contribution in [0.1, 0.15) is 30.0 Å². The second kappa shape index (κ2) is 10.7. The molecule has 0 aliphatic carbocycles. The number of imidazole rings is 1. The third-order valence-electron chi connectivity index (χ3n) is 7.58. The number of ketones is 1. The maximum absolute atomic E-state index is 14.0. The van der Waals surface area contributed by atoms with E-state index in [4.69, 9.17) is 4.74 Å². The number of aromatic nitrogens is 3. The maximum atomic E-state index is 14.0. The number of likely N-dealkylation sites (tertiary alicyclic amines) is 1. The van der Waals surface area contributed by atoms with E-state index in [0.29, 0.717) is 29.0 Å². The third-order valence-corrected chi connectivity index (χ3v) is 7.58. The SMILES string of the molecule is CN(C(=O)O)c1nc2ncc(-c3ccc4c(c3)CN(C(=O)N3CCC(=O)CC3c3ccc(F)c(F)c3)CCO4)cc2[nH]1. The van der Waals surface area contributed by atoms with Crippen LogP contribution in [0.2, 0.25) is 0 Å². The van der Waals surface area contributed by atoms with Gasteiger partial charge < -0.3 is 24.6 Å². The van der Waals surface area contributed by atoms with Gasteiger partial charge in [0, 0.05) is 43.8 Å². The molecule has 4 aromatic rings. The highest BCUT2D eigenvalue weighted by Gasteiger charge is 2.35. The van der Waals surface area contributed by atoms with Crippen LogP contribution in [0.5, 0.6) is 5.75 Å². The number of nitrogens with zero attached hydrogens (tertiary/aromatic N) is 5. The Labute approximate surface area is 238 Å². The first-order valence-corrected chi connectivity index (χ1v) is 13.3. The number of pyridine rings is 1. The van der Waals surface area contributed by atoms with Gasteiger partial charge in [-0.2, -0.15) is 4.98 Å². The van der Waals surface area contributed by atoms with Crippen LogP contribution in [0.25, 0.3) is 22.3 Å². The average Bonchev–Trinajstić information content (AvgIpc) is 3.29. The molecule has 1 atom stereocenters. The fourth-order valence-electron chi connectivity index (χ4n) is 5.29. The topological polar surface area (TPSA) is 132 Å². The first kappa shape index (κ1) is 27.1. The number of piperidine rings is 1. The molecule has 1 fully saturated rings. The molecule has 2 N–H and O–H groups in total. The van der Waals surface area contributed by atoms with Gasteiger partial charge in [0.2, 0.25) is 5.95 Å². The summed E-state index contributed by atoms with van der Waals surface area (Å²) in [6.07, 6.45) is 0.679. The summed E-state index contributed by atoms with van der Waals surface area (Å²) in [6, 6.07) is 9.82. The van der Waals surface area contributed by atoms with Crippen molar-refractivity contribution in [2.45, 2.75) is 25.4 Å². The molecule has 2 aliphatic heterocycles. The summed E-state index contributed by atoms with van der Waals surface area (Å²) in [5.41, 5.74) is 3.59. The molecule has 3 amide bonds. The summed E-state index contributed by atoms with van der Waals surface area (Å²) in [5, 5.41) is 9.24. The van der Waals surface area contributed by atoms with E-state index >= 15 is 0 Å². The Kier molecular flexibility index (Phi) is 6.93. The quantitative estimate of drug-likeness (QED) is 0.360. The minimum absolute atomic E-state index is 0.0228. The fourth-order valence-corrected chi connectivity index (χ4v) is 5.29. The lowest BCUT2D eigenvalue weighted by molar-refractivity contribution is -0.122. The van der Waals surface area contributed by atoms with Gasteiger partial charge in [0.05, 0.1) is 24.6 Å². The zero-order valence-corrected chi connectivity index (χ0v) is 22.5. The Hall–Kier alpha value is -5.07. The standard InChI is InChI=1S/C29H26F2N6O5/c1-35(29(40)41)27-33-23-12-18(14-32-26(23)34-27)16-3-5-25-19(10-16)15-36(8-9-42-25)28(39)37-7-6-20(38)13-24(37)17-2-4-21(30)22(31)11-17/h2-5,10-12,14,24H,6-9,13,15H2,1H3,(H,40,41)(H,32,33,34). The predicted octanol–water partition coefficient (Wildman–Crippen LogP) is 4.74. The highest BCUT2D eigenvalue weighted by atomic mass is 19.2. The molecular formula is C29H26F2N6O5. The summed E-state index contributed by atoms with van der Waals surface area (Å²) in [7, 11) is 1.38. The predicted molar refractivity (Wildman–Crippen MR) is 147 cm³/mol. The Bertz CT molecular complexity index is 1730. The zero-order chi connectivity index (χ0) is 29.5. The molecule has 1 saturated heterocycles. The second-order valence-electron chi connectivity index (χ2n) is 10.2. The number of H-pyrrole nitrogens is 1. The molecule has 2 aromatic heterocycles. The normalized spacial score (nSPS) is 17.0. The van der Waals surface area contributed by atoms with Gasteiger partial charge >= 0.3 is 12.1 Å². The van der Waals surface area contributed by atoms with Crippen molar-refractivity contribution in [3.63, 3.8) is 0 Å². The van der Waals surface area contributed by atoms with E-state index in [2.05, 4.69) is 15.0 Å². The van der Waals surface area contributed by atoms with Gasteiger partial charge in [0.15, 0.2) is 17.3 Å². The van der Waals surface area contributed by atoms with Gasteiger partial charge in [-0.05, 0) is 41.5 Å². The number of benzene rings is 2. The number of carbonyl (C=O) groups is 3. The van der Waals surface area contributed by atoms with Gasteiger partial charge in [0.1, 0.15) is 18.1 Å². The molecule has 0 radical (unpaired) electrons. The minimum atomic E-state index is -1.16. The summed E-state index contributed by atoms with van der Waals surface area (Å²) >= 11 is 0. The summed E-state index contributed by atoms with van der Waals surface area (Å²) < 4.78 is 33.6. The highest BCUT2D eigenvalue weighted by Crippen LogP contribution is 2.34. The molecule has 13 heteroatoms. The Morgan fingerprint density at radius 3 is 2.71 bits per heavy atom. The average molecular weight is 577 g/mol. The lowest BCUT2D eigenvalue weighted by atomic mass is 9.94. The number of halogens is 2. The molecule has 2 aliphatic rings. The van der Waals surface area contributed by atoms with Crippen molar-refractivity contribution in [2.24, 2.45) is 0 Å². The second-order valence-corrected chi connectivity index (χ2v) is 10.2. The molecular weight excluding hydrogens is 550 g/mol. The van der Waals surface area contributed by atoms with E-state index < -0.39 is 23.8 Å². The van der Waals surface area contributed by atoms with Crippen LogP contribution in [0.4, 0.5) is 24.3 Å². The molecule has 0 spiro atoms. The Morgan fingerprint density at radius 2 is 1.93 bits per heavy atom. The van der Waals surface area contributed by atoms with Crippen LogP contribution in [0.3, 0.4) is 0 Å². The molecule has 4 heterocycles. The minimum Gasteiger partial charge on any atom is -0.491 e. The summed E-state index contributed by atoms with van der Waals surface area (Å²) in [6.45, 7) is 0.937. The van der Waals surface area contributed by atoms with Gasteiger partial charge in [-0.1, -0.05) is 12.1 Å². The van der Waals surface area contributed by atoms with Crippen molar-refractivity contribution in [1.29, 1.82) is 0 Å². The maximum Gasteiger partial charge on any atom is 0.413 e. The molecule has 0 bridgehead atoms. The number of fused-ring (bicyclic) bond motifs is 2. The number of ether oxygens (including phenoxy) is 1. The van der Waals surface area contributed by atoms with Crippen LogP contribution in [0.15, 0.2) is 48.7 Å². The van der Waals surface area contributed by atoms with Crippen molar-refractivity contribution in [3.05, 3.63) is 71.4 Å². The largest absolute Gasteiger partial charge is 0.491 e. The number of carbonyl (C=O) groups excluding carboxylic acids is 2. The molecule has 1 unspecified atom stereocenters. The zero-order valence-electron chi connectivity index (χ0n) is 22.5. The lowest BCUT2D eigenvalue weighted by Crippen LogP contribution is -2.48. The van der Waals surface area contributed by atoms with Crippen LogP contribution >= 0.6 is 0 Å². The third kappa shape index (κ3) is 5.08. The van der Waals surface area contributed by atoms with E-state index in [9.17, 15) is 28.3 Å². The number of Topliss-reactive ketones (excluding diaryl/α,β-unsaturated/α-hetero) is 1. The smallest absolute Gasteiger partial charge is 0.413 e. The van der Waals surface area contributed by atoms with Crippen molar-refractivity contribution in [2.75, 3.05) is 31.6 Å². The van der Waals surface area contributed by atoms with E-state index in [1.54, 1.807) is 16.0 Å². The van der Waals surface area contributed by atoms with Gasteiger partial charge in [-0.25, -0.2) is 23.4 Å². The molecule has 0 saturated carbocycles. The first-order valence-electron chi connectivity index (χ1n) is 13.3. The number of hydrogen-bond acceptors (Lipinski definition) is 6. The number of amides is 3. The van der Waals surface area contributed by atoms with Gasteiger partial charge in [-0.3, -0.25) is 9.69 Å². The monoisotopic (exact) mass is 576 g/mol. The number of aromatic amines is 1. The molecule has 216 valence electrons. The van der Waals surface area contributed by atoms with E-state index in [1.807, 2.05) is 24.3 Å². The highest BCUT2D eigenvalue weighted by molar-refractivity contribution is 5.87. The molecule has 42 heavy (non-hydrogen) atoms. The molecule has 6 rings (SSSR count). The van der Waals surface area contributed by atoms with Crippen molar-refractivity contribution in [3.8, 4) is 16.9 Å². The number of urea groups is 1.